The minimum Gasteiger partial charge on any atom is -0.396 e. The predicted molar refractivity (Wildman–Crippen MR) is 66.0 cm³/mol. The van der Waals surface area contributed by atoms with E-state index >= 15 is 0 Å². The van der Waals surface area contributed by atoms with E-state index in [9.17, 15) is 0 Å². The molecule has 0 aliphatic rings. The van der Waals surface area contributed by atoms with Gasteiger partial charge < -0.3 is 15.3 Å². The number of rotatable bonds is 6. The Labute approximate surface area is 135 Å². The third-order valence-corrected chi connectivity index (χ3v) is 1.54. The van der Waals surface area contributed by atoms with Gasteiger partial charge >= 0.3 is 0 Å². The van der Waals surface area contributed by atoms with Crippen LogP contribution in [0.25, 0.3) is 0 Å². The Morgan fingerprint density at radius 2 is 0.750 bits per heavy atom. The van der Waals surface area contributed by atoms with Gasteiger partial charge in [0.25, 0.3) is 0 Å². The van der Waals surface area contributed by atoms with E-state index < -0.39 is 0 Å². The second-order valence-electron chi connectivity index (χ2n) is 3.23. The Morgan fingerprint density at radius 3 is 0.750 bits per heavy atom. The van der Waals surface area contributed by atoms with E-state index in [-0.39, 0.29) is 41.7 Å². The summed E-state index contributed by atoms with van der Waals surface area (Å²) in [6, 6.07) is 0. The van der Waals surface area contributed by atoms with Crippen molar-refractivity contribution in [3.8, 4) is 0 Å². The van der Waals surface area contributed by atoms with Gasteiger partial charge in [-0.15, -0.1) is 0 Å². The molecule has 0 saturated carbocycles. The molecule has 0 bridgehead atoms. The molecule has 0 saturated heterocycles. The van der Waals surface area contributed by atoms with E-state index in [1.54, 1.807) is 0 Å². The van der Waals surface area contributed by atoms with E-state index in [0.29, 0.717) is 19.8 Å². The maximum Gasteiger partial charge on any atom is 0.0430 e. The van der Waals surface area contributed by atoms with Crippen molar-refractivity contribution in [1.82, 2.24) is 0 Å². The van der Waals surface area contributed by atoms with Crippen LogP contribution in [0, 0.1) is 41.7 Å². The fourth-order valence-electron chi connectivity index (χ4n) is 0.474. The summed E-state index contributed by atoms with van der Waals surface area (Å²) < 4.78 is 0. The SMILES string of the molecule is CCCCO.CCCCO.CCCCO.[Ce]. The molecule has 0 atom stereocenters. The van der Waals surface area contributed by atoms with Crippen LogP contribution in [-0.2, 0) is 0 Å². The number of aliphatic hydroxyl groups is 3. The molecular formula is C12H30CeO3. The van der Waals surface area contributed by atoms with E-state index in [1.165, 1.54) is 0 Å². The molecule has 3 N–H and O–H groups in total. The van der Waals surface area contributed by atoms with Crippen molar-refractivity contribution in [3.05, 3.63) is 0 Å². The largest absolute Gasteiger partial charge is 0.396 e. The molecule has 0 unspecified atom stereocenters. The zero-order valence-corrected chi connectivity index (χ0v) is 14.3. The van der Waals surface area contributed by atoms with Crippen molar-refractivity contribution in [1.29, 1.82) is 0 Å². The van der Waals surface area contributed by atoms with Gasteiger partial charge in [-0.05, 0) is 19.3 Å². The van der Waals surface area contributed by atoms with Crippen molar-refractivity contribution >= 4 is 0 Å². The monoisotopic (exact) mass is 362 g/mol. The zero-order valence-electron chi connectivity index (χ0n) is 11.2. The van der Waals surface area contributed by atoms with Crippen molar-refractivity contribution < 1.29 is 57.1 Å². The maximum absolute atomic E-state index is 8.07. The van der Waals surface area contributed by atoms with Crippen LogP contribution in [0.5, 0.6) is 0 Å². The van der Waals surface area contributed by atoms with Crippen LogP contribution in [0.2, 0.25) is 0 Å². The fraction of sp³-hybridized carbons (Fsp3) is 1.00. The molecule has 100 valence electrons. The second kappa shape index (κ2) is 36.0. The molecule has 4 heteroatoms. The van der Waals surface area contributed by atoms with Gasteiger partial charge in [0.2, 0.25) is 0 Å². The van der Waals surface area contributed by atoms with Gasteiger partial charge in [0.05, 0.1) is 0 Å². The first-order valence-electron chi connectivity index (χ1n) is 6.07. The standard InChI is InChI=1S/3C4H10O.Ce/c3*1-2-3-4-5;/h3*5H,2-4H2,1H3;. The van der Waals surface area contributed by atoms with Gasteiger partial charge in [0.1, 0.15) is 0 Å². The summed E-state index contributed by atoms with van der Waals surface area (Å²) in [6.07, 6.45) is 6.11. The summed E-state index contributed by atoms with van der Waals surface area (Å²) in [5, 5.41) is 24.2. The third kappa shape index (κ3) is 58.9. The van der Waals surface area contributed by atoms with Crippen molar-refractivity contribution in [3.63, 3.8) is 0 Å². The first-order chi connectivity index (χ1) is 7.24. The number of hydrogen-bond donors (Lipinski definition) is 3. The van der Waals surface area contributed by atoms with Crippen molar-refractivity contribution in [2.24, 2.45) is 0 Å². The van der Waals surface area contributed by atoms with Gasteiger partial charge in [-0.2, -0.15) is 0 Å². The van der Waals surface area contributed by atoms with Crippen LogP contribution in [0.3, 0.4) is 0 Å². The average molecular weight is 362 g/mol. The van der Waals surface area contributed by atoms with E-state index in [0.717, 1.165) is 38.5 Å². The summed E-state index contributed by atoms with van der Waals surface area (Å²) >= 11 is 0. The zero-order chi connectivity index (χ0) is 12.4. The minimum absolute atomic E-state index is 0. The Kier molecular flexibility index (Phi) is 58.3. The Balaban J connectivity index is -0.0000000655. The van der Waals surface area contributed by atoms with Gasteiger partial charge in [0, 0.05) is 61.6 Å². The molecule has 0 aliphatic carbocycles. The number of unbranched alkanes of at least 4 members (excludes halogenated alkanes) is 3. The molecule has 0 aromatic heterocycles. The van der Waals surface area contributed by atoms with Gasteiger partial charge in [0.15, 0.2) is 0 Å². The summed E-state index contributed by atoms with van der Waals surface area (Å²) in [4.78, 5) is 0. The smallest absolute Gasteiger partial charge is 0.0430 e. The van der Waals surface area contributed by atoms with Crippen molar-refractivity contribution in [2.45, 2.75) is 59.3 Å². The average Bonchev–Trinajstić information content (AvgIpc) is 2.23. The normalized spacial score (nSPS) is 7.88. The molecule has 0 rings (SSSR count). The summed E-state index contributed by atoms with van der Waals surface area (Å²) in [7, 11) is 0. The third-order valence-electron chi connectivity index (χ3n) is 1.54. The molecule has 0 aromatic rings. The van der Waals surface area contributed by atoms with Crippen LogP contribution >= 0.6 is 0 Å². The number of hydrogen-bond acceptors (Lipinski definition) is 3. The summed E-state index contributed by atoms with van der Waals surface area (Å²) in [6.45, 7) is 7.19. The van der Waals surface area contributed by atoms with Gasteiger partial charge in [-0.3, -0.25) is 0 Å². The van der Waals surface area contributed by atoms with Crippen molar-refractivity contribution in [2.75, 3.05) is 19.8 Å². The first kappa shape index (κ1) is 26.0. The second-order valence-corrected chi connectivity index (χ2v) is 3.23. The quantitative estimate of drug-likeness (QED) is 0.680. The topological polar surface area (TPSA) is 60.7 Å². The van der Waals surface area contributed by atoms with E-state index in [2.05, 4.69) is 20.8 Å². The van der Waals surface area contributed by atoms with Crippen LogP contribution in [0.1, 0.15) is 59.3 Å². The molecule has 0 aliphatic heterocycles. The Bertz CT molecular complexity index is 53.0. The fourth-order valence-corrected chi connectivity index (χ4v) is 0.474. The van der Waals surface area contributed by atoms with Crippen LogP contribution in [0.4, 0.5) is 0 Å². The molecule has 3 nitrogen and oxygen atoms in total. The van der Waals surface area contributed by atoms with E-state index in [1.807, 2.05) is 0 Å². The Hall–Kier alpha value is 1.26. The van der Waals surface area contributed by atoms with Crippen LogP contribution in [0.15, 0.2) is 0 Å². The molecule has 0 heterocycles. The van der Waals surface area contributed by atoms with Crippen LogP contribution in [-0.4, -0.2) is 35.1 Å². The summed E-state index contributed by atoms with van der Waals surface area (Å²) in [5.74, 6) is 0. The Morgan fingerprint density at radius 1 is 0.562 bits per heavy atom. The minimum atomic E-state index is 0. The number of aliphatic hydroxyl groups excluding tert-OH is 3. The molecule has 0 spiro atoms. The molecule has 0 amide bonds. The summed E-state index contributed by atoms with van der Waals surface area (Å²) in [5.41, 5.74) is 0. The van der Waals surface area contributed by atoms with Gasteiger partial charge in [-0.1, -0.05) is 40.0 Å². The predicted octanol–water partition coefficient (Wildman–Crippen LogP) is 2.34. The molecular weight excluding hydrogens is 332 g/mol. The van der Waals surface area contributed by atoms with Crippen LogP contribution < -0.4 is 0 Å². The molecule has 0 aromatic carbocycles. The van der Waals surface area contributed by atoms with E-state index in [4.69, 9.17) is 15.3 Å². The first-order valence-corrected chi connectivity index (χ1v) is 6.07. The molecule has 0 fully saturated rings. The molecule has 0 radical (unpaired) electrons. The molecule has 16 heavy (non-hydrogen) atoms. The van der Waals surface area contributed by atoms with Gasteiger partial charge in [-0.25, -0.2) is 0 Å². The maximum atomic E-state index is 8.07.